The Bertz CT molecular complexity index is 638. The summed E-state index contributed by atoms with van der Waals surface area (Å²) in [5.41, 5.74) is 6.71. The van der Waals surface area contributed by atoms with Crippen LogP contribution in [0, 0.1) is 5.92 Å². The molecular weight excluding hydrogens is 320 g/mol. The molecule has 1 fully saturated rings. The highest BCUT2D eigenvalue weighted by molar-refractivity contribution is 7.91. The molecule has 1 atom stereocenters. The third kappa shape index (κ3) is 4.31. The van der Waals surface area contributed by atoms with E-state index >= 15 is 0 Å². The minimum atomic E-state index is -3.34. The Kier molecular flexibility index (Phi) is 5.60. The molecule has 1 aliphatic rings. The van der Waals surface area contributed by atoms with E-state index in [1.165, 1.54) is 11.3 Å². The summed E-state index contributed by atoms with van der Waals surface area (Å²) in [6.07, 6.45) is 0.825. The van der Waals surface area contributed by atoms with E-state index in [1.54, 1.807) is 21.8 Å². The minimum Gasteiger partial charge on any atom is -0.370 e. The molecule has 0 aliphatic carbocycles. The summed E-state index contributed by atoms with van der Waals surface area (Å²) in [5.74, 6) is 0.621. The SMILES string of the molecule is C=C(C)CN=C(N)NCC1CCN(S(=O)(=O)c2cccs2)C1. The Morgan fingerprint density at radius 3 is 3.05 bits per heavy atom. The van der Waals surface area contributed by atoms with Gasteiger partial charge in [-0.3, -0.25) is 0 Å². The van der Waals surface area contributed by atoms with Crippen LogP contribution in [0.15, 0.2) is 38.9 Å². The zero-order chi connectivity index (χ0) is 16.2. The third-order valence-electron chi connectivity index (χ3n) is 3.43. The lowest BCUT2D eigenvalue weighted by Crippen LogP contribution is -2.37. The molecular formula is C14H22N4O2S2. The molecule has 1 saturated heterocycles. The third-order valence-corrected chi connectivity index (χ3v) is 6.67. The molecule has 3 N–H and O–H groups in total. The minimum absolute atomic E-state index is 0.244. The maximum Gasteiger partial charge on any atom is 0.252 e. The first-order chi connectivity index (χ1) is 10.4. The van der Waals surface area contributed by atoms with E-state index in [0.717, 1.165) is 12.0 Å². The molecule has 8 heteroatoms. The number of guanidine groups is 1. The molecule has 122 valence electrons. The van der Waals surface area contributed by atoms with Crippen molar-refractivity contribution in [1.29, 1.82) is 0 Å². The number of nitrogens with one attached hydrogen (secondary N) is 1. The summed E-state index contributed by atoms with van der Waals surface area (Å²) in [4.78, 5) is 4.15. The number of sulfonamides is 1. The number of nitrogens with two attached hydrogens (primary N) is 1. The number of aliphatic imine (C=N–C) groups is 1. The van der Waals surface area contributed by atoms with Crippen LogP contribution in [0.3, 0.4) is 0 Å². The van der Waals surface area contributed by atoms with Crippen LogP contribution in [-0.2, 0) is 10.0 Å². The Hall–Kier alpha value is -1.38. The average molecular weight is 342 g/mol. The first-order valence-electron chi connectivity index (χ1n) is 7.11. The van der Waals surface area contributed by atoms with E-state index in [4.69, 9.17) is 5.73 Å². The topological polar surface area (TPSA) is 87.8 Å². The van der Waals surface area contributed by atoms with Crippen molar-refractivity contribution in [3.8, 4) is 0 Å². The van der Waals surface area contributed by atoms with E-state index < -0.39 is 10.0 Å². The van der Waals surface area contributed by atoms with Crippen molar-refractivity contribution in [2.45, 2.75) is 17.6 Å². The van der Waals surface area contributed by atoms with Crippen molar-refractivity contribution >= 4 is 27.3 Å². The molecule has 0 radical (unpaired) electrons. The summed E-state index contributed by atoms with van der Waals surface area (Å²) in [6, 6.07) is 3.40. The van der Waals surface area contributed by atoms with Gasteiger partial charge in [0.15, 0.2) is 5.96 Å². The van der Waals surface area contributed by atoms with E-state index in [0.29, 0.717) is 36.3 Å². The van der Waals surface area contributed by atoms with Crippen molar-refractivity contribution in [3.63, 3.8) is 0 Å². The largest absolute Gasteiger partial charge is 0.370 e. The summed E-state index contributed by atoms with van der Waals surface area (Å²) >= 11 is 1.25. The van der Waals surface area contributed by atoms with Crippen LogP contribution in [0.4, 0.5) is 0 Å². The second-order valence-electron chi connectivity index (χ2n) is 5.49. The molecule has 22 heavy (non-hydrogen) atoms. The Labute approximate surface area is 135 Å². The molecule has 1 unspecified atom stereocenters. The first-order valence-corrected chi connectivity index (χ1v) is 9.43. The summed E-state index contributed by atoms with van der Waals surface area (Å²) < 4.78 is 26.8. The molecule has 0 amide bonds. The van der Waals surface area contributed by atoms with Gasteiger partial charge >= 0.3 is 0 Å². The van der Waals surface area contributed by atoms with Crippen molar-refractivity contribution in [2.24, 2.45) is 16.6 Å². The van der Waals surface area contributed by atoms with Crippen LogP contribution >= 0.6 is 11.3 Å². The second-order valence-corrected chi connectivity index (χ2v) is 8.60. The van der Waals surface area contributed by atoms with Gasteiger partial charge in [0, 0.05) is 19.6 Å². The van der Waals surface area contributed by atoms with Crippen molar-refractivity contribution in [3.05, 3.63) is 29.7 Å². The summed E-state index contributed by atoms with van der Waals surface area (Å²) in [7, 11) is -3.34. The van der Waals surface area contributed by atoms with Crippen LogP contribution in [0.5, 0.6) is 0 Å². The van der Waals surface area contributed by atoms with Crippen molar-refractivity contribution < 1.29 is 8.42 Å². The van der Waals surface area contributed by atoms with E-state index in [-0.39, 0.29) is 5.92 Å². The van der Waals surface area contributed by atoms with Gasteiger partial charge < -0.3 is 11.1 Å². The van der Waals surface area contributed by atoms with Gasteiger partial charge in [-0.05, 0) is 30.7 Å². The zero-order valence-corrected chi connectivity index (χ0v) is 14.3. The van der Waals surface area contributed by atoms with Gasteiger partial charge in [0.1, 0.15) is 4.21 Å². The Morgan fingerprint density at radius 2 is 2.41 bits per heavy atom. The quantitative estimate of drug-likeness (QED) is 0.462. The normalized spacial score (nSPS) is 20.2. The standard InChI is InChI=1S/C14H22N4O2S2/c1-11(2)8-16-14(15)17-9-12-5-6-18(10-12)22(19,20)13-4-3-7-21-13/h3-4,7,12H,1,5-6,8-10H2,2H3,(H3,15,16,17). The Balaban J connectivity index is 1.86. The smallest absolute Gasteiger partial charge is 0.252 e. The molecule has 1 aromatic rings. The number of hydrogen-bond acceptors (Lipinski definition) is 4. The molecule has 0 spiro atoms. The highest BCUT2D eigenvalue weighted by atomic mass is 32.2. The predicted octanol–water partition coefficient (Wildman–Crippen LogP) is 1.24. The van der Waals surface area contributed by atoms with Gasteiger partial charge in [0.25, 0.3) is 10.0 Å². The molecule has 0 saturated carbocycles. The highest BCUT2D eigenvalue weighted by Crippen LogP contribution is 2.26. The number of nitrogens with zero attached hydrogens (tertiary/aromatic N) is 2. The number of thiophene rings is 1. The van der Waals surface area contributed by atoms with Crippen molar-refractivity contribution in [2.75, 3.05) is 26.2 Å². The molecule has 1 aromatic heterocycles. The predicted molar refractivity (Wildman–Crippen MR) is 90.5 cm³/mol. The van der Waals surface area contributed by atoms with Gasteiger partial charge in [-0.15, -0.1) is 11.3 Å². The van der Waals surface area contributed by atoms with Crippen molar-refractivity contribution in [1.82, 2.24) is 9.62 Å². The summed E-state index contributed by atoms with van der Waals surface area (Å²) in [6.45, 7) is 7.85. The fourth-order valence-electron chi connectivity index (χ4n) is 2.24. The average Bonchev–Trinajstić information content (AvgIpc) is 3.13. The zero-order valence-electron chi connectivity index (χ0n) is 12.7. The fourth-order valence-corrected chi connectivity index (χ4v) is 4.92. The van der Waals surface area contributed by atoms with Crippen LogP contribution < -0.4 is 11.1 Å². The van der Waals surface area contributed by atoms with E-state index in [1.807, 2.05) is 6.92 Å². The van der Waals surface area contributed by atoms with Gasteiger partial charge in [-0.2, -0.15) is 4.31 Å². The molecule has 1 aliphatic heterocycles. The Morgan fingerprint density at radius 1 is 1.64 bits per heavy atom. The van der Waals surface area contributed by atoms with E-state index in [9.17, 15) is 8.42 Å². The lowest BCUT2D eigenvalue weighted by atomic mass is 10.1. The molecule has 2 heterocycles. The van der Waals surface area contributed by atoms with Gasteiger partial charge in [-0.1, -0.05) is 18.2 Å². The lowest BCUT2D eigenvalue weighted by molar-refractivity contribution is 0.456. The first kappa shape index (κ1) is 17.0. The van der Waals surface area contributed by atoms with Gasteiger partial charge in [-0.25, -0.2) is 13.4 Å². The number of rotatable bonds is 6. The van der Waals surface area contributed by atoms with Crippen LogP contribution in [0.25, 0.3) is 0 Å². The van der Waals surface area contributed by atoms with Crippen LogP contribution in [0.2, 0.25) is 0 Å². The maximum atomic E-state index is 12.4. The van der Waals surface area contributed by atoms with Crippen LogP contribution in [0.1, 0.15) is 13.3 Å². The van der Waals surface area contributed by atoms with Gasteiger partial charge in [0.05, 0.1) is 6.54 Å². The van der Waals surface area contributed by atoms with Crippen LogP contribution in [-0.4, -0.2) is 44.9 Å². The fraction of sp³-hybridized carbons (Fsp3) is 0.500. The monoisotopic (exact) mass is 342 g/mol. The number of hydrogen-bond donors (Lipinski definition) is 2. The molecule has 2 rings (SSSR count). The molecule has 0 bridgehead atoms. The maximum absolute atomic E-state index is 12.4. The summed E-state index contributed by atoms with van der Waals surface area (Å²) in [5, 5.41) is 4.83. The second kappa shape index (κ2) is 7.26. The van der Waals surface area contributed by atoms with E-state index in [2.05, 4.69) is 16.9 Å². The lowest BCUT2D eigenvalue weighted by Gasteiger charge is -2.16. The molecule has 6 nitrogen and oxygen atoms in total. The van der Waals surface area contributed by atoms with Gasteiger partial charge in [0.2, 0.25) is 0 Å². The highest BCUT2D eigenvalue weighted by Gasteiger charge is 2.32. The molecule has 0 aromatic carbocycles.